The van der Waals surface area contributed by atoms with Crippen molar-refractivity contribution in [2.75, 3.05) is 19.0 Å². The summed E-state index contributed by atoms with van der Waals surface area (Å²) in [5, 5.41) is 3.09. The minimum atomic E-state index is 0.0710. The van der Waals surface area contributed by atoms with Gasteiger partial charge in [0.1, 0.15) is 0 Å². The monoisotopic (exact) mass is 407 g/mol. The summed E-state index contributed by atoms with van der Waals surface area (Å²) in [5.74, 6) is 0.358. The quantitative estimate of drug-likeness (QED) is 0.543. The normalized spacial score (nSPS) is 15.6. The van der Waals surface area contributed by atoms with Crippen molar-refractivity contribution < 1.29 is 14.3 Å². The molecule has 4 nitrogen and oxygen atoms in total. The molecule has 30 heavy (non-hydrogen) atoms. The van der Waals surface area contributed by atoms with Crippen molar-refractivity contribution in [2.45, 2.75) is 52.4 Å². The van der Waals surface area contributed by atoms with Gasteiger partial charge in [0.25, 0.3) is 0 Å². The Hall–Kier alpha value is -2.46. The first-order valence-corrected chi connectivity index (χ1v) is 11.0. The Kier molecular flexibility index (Phi) is 7.81. The van der Waals surface area contributed by atoms with Crippen LogP contribution in [-0.4, -0.2) is 25.4 Å². The van der Waals surface area contributed by atoms with Crippen molar-refractivity contribution in [3.8, 4) is 11.1 Å². The highest BCUT2D eigenvalue weighted by Gasteiger charge is 2.22. The van der Waals surface area contributed by atoms with Crippen molar-refractivity contribution in [3.05, 3.63) is 53.6 Å². The number of benzene rings is 2. The lowest BCUT2D eigenvalue weighted by atomic mass is 9.88. The van der Waals surface area contributed by atoms with Crippen molar-refractivity contribution in [1.29, 1.82) is 0 Å². The minimum Gasteiger partial charge on any atom is -0.384 e. The molecule has 1 N–H and O–H groups in total. The van der Waals surface area contributed by atoms with Gasteiger partial charge in [-0.3, -0.25) is 9.59 Å². The van der Waals surface area contributed by atoms with Crippen LogP contribution in [0.5, 0.6) is 0 Å². The van der Waals surface area contributed by atoms with Crippen LogP contribution in [0.1, 0.15) is 61.4 Å². The van der Waals surface area contributed by atoms with Gasteiger partial charge in [-0.2, -0.15) is 0 Å². The molecular weight excluding hydrogens is 374 g/mol. The number of Topliss-reactive ketones (excluding diaryl/α,β-unsaturated/α-hetero) is 1. The largest absolute Gasteiger partial charge is 0.384 e. The summed E-state index contributed by atoms with van der Waals surface area (Å²) in [4.78, 5) is 25.7. The molecule has 0 saturated heterocycles. The molecule has 0 radical (unpaired) electrons. The summed E-state index contributed by atoms with van der Waals surface area (Å²) in [6.07, 6.45) is 5.76. The molecule has 0 bridgehead atoms. The van der Waals surface area contributed by atoms with E-state index in [1.54, 1.807) is 7.11 Å². The molecule has 1 unspecified atom stereocenters. The Morgan fingerprint density at radius 3 is 2.40 bits per heavy atom. The number of nitrogens with one attached hydrogen (secondary N) is 1. The highest BCUT2D eigenvalue weighted by Crippen LogP contribution is 2.29. The molecule has 1 saturated carbocycles. The third kappa shape index (κ3) is 6.02. The highest BCUT2D eigenvalue weighted by atomic mass is 16.5. The second kappa shape index (κ2) is 10.5. The number of hydrogen-bond acceptors (Lipinski definition) is 3. The van der Waals surface area contributed by atoms with E-state index in [9.17, 15) is 9.59 Å². The maximum absolute atomic E-state index is 12.9. The molecule has 2 aromatic carbocycles. The van der Waals surface area contributed by atoms with Gasteiger partial charge < -0.3 is 10.1 Å². The molecule has 0 aromatic heterocycles. The van der Waals surface area contributed by atoms with Crippen LogP contribution in [0.15, 0.2) is 42.5 Å². The van der Waals surface area contributed by atoms with E-state index in [4.69, 9.17) is 4.74 Å². The fourth-order valence-electron chi connectivity index (χ4n) is 4.16. The Morgan fingerprint density at radius 1 is 1.03 bits per heavy atom. The zero-order chi connectivity index (χ0) is 21.5. The van der Waals surface area contributed by atoms with Gasteiger partial charge in [0.05, 0.1) is 0 Å². The van der Waals surface area contributed by atoms with E-state index in [2.05, 4.69) is 36.5 Å². The summed E-state index contributed by atoms with van der Waals surface area (Å²) in [6.45, 7) is 4.61. The van der Waals surface area contributed by atoms with Gasteiger partial charge in [0.15, 0.2) is 5.78 Å². The second-order valence-electron chi connectivity index (χ2n) is 8.68. The Bertz CT molecular complexity index is 866. The number of rotatable bonds is 8. The predicted molar refractivity (Wildman–Crippen MR) is 122 cm³/mol. The van der Waals surface area contributed by atoms with E-state index in [1.165, 1.54) is 12.0 Å². The van der Waals surface area contributed by atoms with Crippen LogP contribution in [-0.2, 0) is 9.53 Å². The molecule has 1 aliphatic carbocycles. The van der Waals surface area contributed by atoms with Crippen LogP contribution in [0.4, 0.5) is 5.69 Å². The van der Waals surface area contributed by atoms with E-state index < -0.39 is 0 Å². The number of carbonyl (C=O) groups is 2. The van der Waals surface area contributed by atoms with Gasteiger partial charge in [-0.25, -0.2) is 0 Å². The summed E-state index contributed by atoms with van der Waals surface area (Å²) in [7, 11) is 1.65. The number of aryl methyl sites for hydroxylation is 1. The molecular formula is C26H33NO3. The van der Waals surface area contributed by atoms with Gasteiger partial charge >= 0.3 is 0 Å². The number of ether oxygens (including phenoxy) is 1. The number of hydrogen-bond donors (Lipinski definition) is 1. The van der Waals surface area contributed by atoms with Crippen LogP contribution in [0.3, 0.4) is 0 Å². The van der Waals surface area contributed by atoms with Gasteiger partial charge in [-0.15, -0.1) is 0 Å². The second-order valence-corrected chi connectivity index (χ2v) is 8.68. The summed E-state index contributed by atoms with van der Waals surface area (Å²) in [6, 6.07) is 14.0. The third-order valence-corrected chi connectivity index (χ3v) is 5.87. The predicted octanol–water partition coefficient (Wildman–Crippen LogP) is 6.04. The zero-order valence-electron chi connectivity index (χ0n) is 18.4. The lowest BCUT2D eigenvalue weighted by molar-refractivity contribution is -0.120. The Balaban J connectivity index is 1.88. The lowest BCUT2D eigenvalue weighted by Gasteiger charge is -2.21. The van der Waals surface area contributed by atoms with Crippen LogP contribution in [0, 0.1) is 18.8 Å². The fourth-order valence-corrected chi connectivity index (χ4v) is 4.16. The fraction of sp³-hybridized carbons (Fsp3) is 0.462. The van der Waals surface area contributed by atoms with Gasteiger partial charge in [-0.1, -0.05) is 56.0 Å². The van der Waals surface area contributed by atoms with E-state index in [0.29, 0.717) is 24.3 Å². The van der Waals surface area contributed by atoms with Crippen LogP contribution < -0.4 is 5.32 Å². The number of ketones is 1. The van der Waals surface area contributed by atoms with E-state index in [-0.39, 0.29) is 23.5 Å². The molecule has 1 atom stereocenters. The lowest BCUT2D eigenvalue weighted by Crippen LogP contribution is -2.24. The Morgan fingerprint density at radius 2 is 1.73 bits per heavy atom. The van der Waals surface area contributed by atoms with Crippen LogP contribution in [0.2, 0.25) is 0 Å². The number of methoxy groups -OCH3 is 1. The zero-order valence-corrected chi connectivity index (χ0v) is 18.4. The molecule has 4 heteroatoms. The summed E-state index contributed by atoms with van der Waals surface area (Å²) in [5.41, 5.74) is 4.50. The summed E-state index contributed by atoms with van der Waals surface area (Å²) >= 11 is 0. The van der Waals surface area contributed by atoms with Crippen LogP contribution >= 0.6 is 0 Å². The van der Waals surface area contributed by atoms with Gasteiger partial charge in [0.2, 0.25) is 5.91 Å². The topological polar surface area (TPSA) is 55.4 Å². The molecule has 1 aliphatic rings. The first-order valence-electron chi connectivity index (χ1n) is 11.0. The van der Waals surface area contributed by atoms with Crippen molar-refractivity contribution >= 4 is 17.4 Å². The number of anilines is 1. The molecule has 3 rings (SSSR count). The SMILES string of the molecule is COCC(C)CC(=O)c1cc(NC(=O)C2CCCCC2)cc(-c2ccc(C)cc2)c1. The van der Waals surface area contributed by atoms with Crippen molar-refractivity contribution in [1.82, 2.24) is 0 Å². The molecule has 0 heterocycles. The first kappa shape index (κ1) is 22.2. The highest BCUT2D eigenvalue weighted by molar-refractivity contribution is 6.00. The molecule has 1 fully saturated rings. The first-order chi connectivity index (χ1) is 14.5. The van der Waals surface area contributed by atoms with Crippen molar-refractivity contribution in [3.63, 3.8) is 0 Å². The minimum absolute atomic E-state index is 0.0710. The van der Waals surface area contributed by atoms with E-state index in [0.717, 1.165) is 36.8 Å². The summed E-state index contributed by atoms with van der Waals surface area (Å²) < 4.78 is 5.18. The Labute approximate surface area is 180 Å². The molecule has 0 aliphatic heterocycles. The maximum atomic E-state index is 12.9. The molecule has 1 amide bonds. The van der Waals surface area contributed by atoms with Gasteiger partial charge in [0, 0.05) is 37.3 Å². The van der Waals surface area contributed by atoms with E-state index in [1.807, 2.05) is 25.1 Å². The van der Waals surface area contributed by atoms with Crippen molar-refractivity contribution in [2.24, 2.45) is 11.8 Å². The molecule has 0 spiro atoms. The molecule has 160 valence electrons. The standard InChI is InChI=1S/C26H33NO3/c1-18-9-11-20(12-10-18)22-14-23(25(28)13-19(2)17-30-3)16-24(15-22)27-26(29)21-7-5-4-6-8-21/h9-12,14-16,19,21H,4-8,13,17H2,1-3H3,(H,27,29). The average Bonchev–Trinajstić information content (AvgIpc) is 2.74. The van der Waals surface area contributed by atoms with E-state index >= 15 is 0 Å². The number of amides is 1. The maximum Gasteiger partial charge on any atom is 0.227 e. The van der Waals surface area contributed by atoms with Gasteiger partial charge in [-0.05, 0) is 55.0 Å². The molecule has 2 aromatic rings. The smallest absolute Gasteiger partial charge is 0.227 e. The average molecular weight is 408 g/mol. The number of carbonyl (C=O) groups excluding carboxylic acids is 2. The third-order valence-electron chi connectivity index (χ3n) is 5.87. The van der Waals surface area contributed by atoms with Crippen LogP contribution in [0.25, 0.3) is 11.1 Å².